The summed E-state index contributed by atoms with van der Waals surface area (Å²) in [7, 11) is 0. The molecule has 3 heterocycles. The summed E-state index contributed by atoms with van der Waals surface area (Å²) in [6.07, 6.45) is 3.38. The molecule has 0 bridgehead atoms. The van der Waals surface area contributed by atoms with Crippen molar-refractivity contribution >= 4 is 28.6 Å². The van der Waals surface area contributed by atoms with E-state index in [0.29, 0.717) is 5.96 Å². The topological polar surface area (TPSA) is 54.5 Å². The first-order valence-electron chi connectivity index (χ1n) is 8.18. The molecule has 0 atom stereocenters. The number of rotatable bonds is 4. The van der Waals surface area contributed by atoms with Gasteiger partial charge in [0.1, 0.15) is 0 Å². The van der Waals surface area contributed by atoms with Crippen molar-refractivity contribution in [1.82, 2.24) is 9.88 Å². The number of nitrogens with zero attached hydrogens (tertiary/aromatic N) is 3. The van der Waals surface area contributed by atoms with Crippen LogP contribution in [0.3, 0.4) is 0 Å². The van der Waals surface area contributed by atoms with Crippen molar-refractivity contribution in [1.29, 1.82) is 0 Å². The highest BCUT2D eigenvalue weighted by molar-refractivity contribution is 7.16. The molecule has 3 rings (SSSR count). The molecule has 1 fully saturated rings. The molecule has 1 saturated heterocycles. The van der Waals surface area contributed by atoms with E-state index < -0.39 is 0 Å². The zero-order valence-corrected chi connectivity index (χ0v) is 15.4. The standard InChI is InChI=1S/C17H24N4S2/c1-12-6-9-21(10-7-12)17(18)19-8-5-14-3-4-16(23-14)15-11-22-13(2)20-15/h3-4,11-12H,5-10H2,1-2H3,(H2,18,19). The van der Waals surface area contributed by atoms with Crippen LogP contribution in [0.2, 0.25) is 0 Å². The highest BCUT2D eigenvalue weighted by Gasteiger charge is 2.16. The average molecular weight is 349 g/mol. The van der Waals surface area contributed by atoms with Gasteiger partial charge in [0.2, 0.25) is 0 Å². The van der Waals surface area contributed by atoms with Gasteiger partial charge >= 0.3 is 0 Å². The minimum atomic E-state index is 0.712. The van der Waals surface area contributed by atoms with Gasteiger partial charge in [-0.2, -0.15) is 0 Å². The van der Waals surface area contributed by atoms with Gasteiger partial charge in [-0.25, -0.2) is 4.98 Å². The molecule has 1 aliphatic heterocycles. The number of guanidine groups is 1. The molecule has 1 aliphatic rings. The maximum atomic E-state index is 6.13. The van der Waals surface area contributed by atoms with Crippen LogP contribution in [0.25, 0.3) is 10.6 Å². The lowest BCUT2D eigenvalue weighted by atomic mass is 10.00. The summed E-state index contributed by atoms with van der Waals surface area (Å²) in [5, 5.41) is 3.24. The minimum Gasteiger partial charge on any atom is -0.370 e. The summed E-state index contributed by atoms with van der Waals surface area (Å²) in [4.78, 5) is 13.9. The van der Waals surface area contributed by atoms with E-state index in [9.17, 15) is 0 Å². The van der Waals surface area contributed by atoms with Crippen LogP contribution in [0.1, 0.15) is 29.7 Å². The van der Waals surface area contributed by atoms with Gasteiger partial charge in [0, 0.05) is 36.3 Å². The molecule has 0 aliphatic carbocycles. The first-order chi connectivity index (χ1) is 11.1. The smallest absolute Gasteiger partial charge is 0.191 e. The summed E-state index contributed by atoms with van der Waals surface area (Å²) < 4.78 is 0. The van der Waals surface area contributed by atoms with Gasteiger partial charge < -0.3 is 10.6 Å². The van der Waals surface area contributed by atoms with Crippen LogP contribution in [0, 0.1) is 12.8 Å². The normalized spacial score (nSPS) is 17.0. The molecule has 23 heavy (non-hydrogen) atoms. The van der Waals surface area contributed by atoms with Gasteiger partial charge in [0.25, 0.3) is 0 Å². The summed E-state index contributed by atoms with van der Waals surface area (Å²) in [6, 6.07) is 4.34. The first kappa shape index (κ1) is 16.5. The van der Waals surface area contributed by atoms with Gasteiger partial charge in [0.15, 0.2) is 5.96 Å². The molecule has 0 amide bonds. The van der Waals surface area contributed by atoms with E-state index in [1.807, 2.05) is 18.3 Å². The van der Waals surface area contributed by atoms with Crippen LogP contribution >= 0.6 is 22.7 Å². The molecule has 0 spiro atoms. The summed E-state index contributed by atoms with van der Waals surface area (Å²) in [5.41, 5.74) is 7.22. The molecule has 0 unspecified atom stereocenters. The van der Waals surface area contributed by atoms with E-state index in [0.717, 1.165) is 42.7 Å². The maximum Gasteiger partial charge on any atom is 0.191 e. The monoisotopic (exact) mass is 348 g/mol. The second-order valence-corrected chi connectivity index (χ2v) is 8.41. The van der Waals surface area contributed by atoms with E-state index in [4.69, 9.17) is 5.73 Å². The molecule has 2 N–H and O–H groups in total. The Bertz CT molecular complexity index is 666. The molecule has 0 aromatic carbocycles. The number of likely N-dealkylation sites (tertiary alicyclic amines) is 1. The van der Waals surface area contributed by atoms with Gasteiger partial charge in [-0.1, -0.05) is 6.92 Å². The fourth-order valence-electron chi connectivity index (χ4n) is 2.74. The SMILES string of the molecule is Cc1nc(-c2ccc(CCN=C(N)N3CCC(C)CC3)s2)cs1. The highest BCUT2D eigenvalue weighted by atomic mass is 32.1. The predicted molar refractivity (Wildman–Crippen MR) is 100 cm³/mol. The Morgan fingerprint density at radius 1 is 1.39 bits per heavy atom. The molecule has 2 aromatic rings. The molecular weight excluding hydrogens is 324 g/mol. The number of thiazole rings is 1. The number of aryl methyl sites for hydroxylation is 1. The molecule has 4 nitrogen and oxygen atoms in total. The Morgan fingerprint density at radius 2 is 2.17 bits per heavy atom. The van der Waals surface area contributed by atoms with Crippen molar-refractivity contribution in [2.75, 3.05) is 19.6 Å². The Balaban J connectivity index is 1.52. The van der Waals surface area contributed by atoms with E-state index in [2.05, 4.69) is 39.3 Å². The lowest BCUT2D eigenvalue weighted by Crippen LogP contribution is -2.42. The molecule has 0 saturated carbocycles. The molecular formula is C17H24N4S2. The molecule has 124 valence electrons. The van der Waals surface area contributed by atoms with Crippen molar-refractivity contribution in [3.63, 3.8) is 0 Å². The summed E-state index contributed by atoms with van der Waals surface area (Å²) >= 11 is 3.51. The maximum absolute atomic E-state index is 6.13. The van der Waals surface area contributed by atoms with E-state index >= 15 is 0 Å². The van der Waals surface area contributed by atoms with Crippen LogP contribution in [0.5, 0.6) is 0 Å². The second kappa shape index (κ2) is 7.45. The quantitative estimate of drug-likeness (QED) is 0.676. The number of thiophene rings is 1. The van der Waals surface area contributed by atoms with Crippen LogP contribution < -0.4 is 5.73 Å². The van der Waals surface area contributed by atoms with E-state index in [1.54, 1.807) is 11.3 Å². The Kier molecular flexibility index (Phi) is 5.33. The van der Waals surface area contributed by atoms with Crippen LogP contribution in [0.4, 0.5) is 0 Å². The lowest BCUT2D eigenvalue weighted by Gasteiger charge is -2.31. The minimum absolute atomic E-state index is 0.712. The van der Waals surface area contributed by atoms with Gasteiger partial charge in [-0.3, -0.25) is 4.99 Å². The van der Waals surface area contributed by atoms with Crippen LogP contribution in [-0.4, -0.2) is 35.5 Å². The zero-order valence-electron chi connectivity index (χ0n) is 13.8. The third-order valence-corrected chi connectivity index (χ3v) is 6.21. The Hall–Kier alpha value is -1.40. The lowest BCUT2D eigenvalue weighted by molar-refractivity contribution is 0.277. The Morgan fingerprint density at radius 3 is 2.87 bits per heavy atom. The summed E-state index contributed by atoms with van der Waals surface area (Å²) in [5.74, 6) is 1.53. The van der Waals surface area contributed by atoms with Crippen molar-refractivity contribution in [2.24, 2.45) is 16.6 Å². The van der Waals surface area contributed by atoms with Crippen molar-refractivity contribution in [3.05, 3.63) is 27.4 Å². The Labute approximate surface area is 146 Å². The number of piperidine rings is 1. The second-order valence-electron chi connectivity index (χ2n) is 6.18. The van der Waals surface area contributed by atoms with Crippen molar-refractivity contribution < 1.29 is 0 Å². The van der Waals surface area contributed by atoms with Crippen LogP contribution in [-0.2, 0) is 6.42 Å². The molecule has 6 heteroatoms. The van der Waals surface area contributed by atoms with Gasteiger partial charge in [0.05, 0.1) is 15.6 Å². The predicted octanol–water partition coefficient (Wildman–Crippen LogP) is 3.77. The number of aliphatic imine (C=N–C) groups is 1. The van der Waals surface area contributed by atoms with E-state index in [1.165, 1.54) is 22.6 Å². The van der Waals surface area contributed by atoms with Gasteiger partial charge in [-0.05, 0) is 37.8 Å². The average Bonchev–Trinajstić information content (AvgIpc) is 3.17. The third-order valence-electron chi connectivity index (χ3n) is 4.27. The number of hydrogen-bond acceptors (Lipinski definition) is 4. The van der Waals surface area contributed by atoms with E-state index in [-0.39, 0.29) is 0 Å². The fraction of sp³-hybridized carbons (Fsp3) is 0.529. The zero-order chi connectivity index (χ0) is 16.2. The van der Waals surface area contributed by atoms with Crippen LogP contribution in [0.15, 0.2) is 22.5 Å². The number of aromatic nitrogens is 1. The van der Waals surface area contributed by atoms with Crippen molar-refractivity contribution in [3.8, 4) is 10.6 Å². The fourth-order valence-corrected chi connectivity index (χ4v) is 4.39. The number of hydrogen-bond donors (Lipinski definition) is 1. The molecule has 2 aromatic heterocycles. The van der Waals surface area contributed by atoms with Gasteiger partial charge in [-0.15, -0.1) is 22.7 Å². The summed E-state index contributed by atoms with van der Waals surface area (Å²) in [6.45, 7) is 7.20. The third kappa shape index (κ3) is 4.32. The van der Waals surface area contributed by atoms with Crippen molar-refractivity contribution in [2.45, 2.75) is 33.1 Å². The molecule has 0 radical (unpaired) electrons. The highest BCUT2D eigenvalue weighted by Crippen LogP contribution is 2.29. The number of nitrogens with two attached hydrogens (primary N) is 1. The largest absolute Gasteiger partial charge is 0.370 e. The first-order valence-corrected chi connectivity index (χ1v) is 9.87.